The molecule has 0 bridgehead atoms. The molecule has 3 atom stereocenters. The Balaban J connectivity index is 2.20. The van der Waals surface area contributed by atoms with E-state index in [4.69, 9.17) is 10.5 Å². The van der Waals surface area contributed by atoms with Crippen LogP contribution < -0.4 is 5.73 Å². The van der Waals surface area contributed by atoms with Crippen LogP contribution in [0.15, 0.2) is 65.8 Å². The number of rotatable bonds is 5. The predicted molar refractivity (Wildman–Crippen MR) is 108 cm³/mol. The van der Waals surface area contributed by atoms with Crippen LogP contribution in [0.4, 0.5) is 4.79 Å². The van der Waals surface area contributed by atoms with Crippen molar-refractivity contribution in [3.05, 3.63) is 71.8 Å². The van der Waals surface area contributed by atoms with Gasteiger partial charge in [-0.15, -0.1) is 0 Å². The van der Waals surface area contributed by atoms with E-state index in [2.05, 4.69) is 5.10 Å². The van der Waals surface area contributed by atoms with Gasteiger partial charge in [-0.25, -0.2) is 9.80 Å². The standard InChI is InChI=1S/C22H23N3O4/c1-3-29-21(27)17-14(2)24-25(22(23)28)19(18(17)15-10-6-4-7-11-15)20(26)16-12-8-5-9-13-16/h4-13,17-19H,3H2,1-2H3,(H2,23,28). The molecule has 3 unspecified atom stereocenters. The lowest BCUT2D eigenvalue weighted by atomic mass is 9.74. The van der Waals surface area contributed by atoms with Crippen LogP contribution in [0.2, 0.25) is 0 Å². The van der Waals surface area contributed by atoms with Crippen LogP contribution in [-0.2, 0) is 9.53 Å². The van der Waals surface area contributed by atoms with Gasteiger partial charge < -0.3 is 10.5 Å². The second-order valence-corrected chi connectivity index (χ2v) is 6.77. The van der Waals surface area contributed by atoms with Gasteiger partial charge in [0.05, 0.1) is 12.3 Å². The number of hydrogen-bond acceptors (Lipinski definition) is 5. The number of hydrazone groups is 1. The zero-order valence-corrected chi connectivity index (χ0v) is 16.3. The number of primary amides is 1. The molecule has 0 fully saturated rings. The normalized spacial score (nSPS) is 21.2. The van der Waals surface area contributed by atoms with E-state index in [1.54, 1.807) is 44.2 Å². The Morgan fingerprint density at radius 3 is 2.17 bits per heavy atom. The van der Waals surface area contributed by atoms with E-state index >= 15 is 0 Å². The van der Waals surface area contributed by atoms with Gasteiger partial charge >= 0.3 is 12.0 Å². The van der Waals surface area contributed by atoms with Crippen LogP contribution in [0.3, 0.4) is 0 Å². The molecular weight excluding hydrogens is 370 g/mol. The topological polar surface area (TPSA) is 102 Å². The Morgan fingerprint density at radius 1 is 1.03 bits per heavy atom. The summed E-state index contributed by atoms with van der Waals surface area (Å²) >= 11 is 0. The zero-order valence-electron chi connectivity index (χ0n) is 16.3. The van der Waals surface area contributed by atoms with Gasteiger partial charge in [0, 0.05) is 11.5 Å². The minimum atomic E-state index is -1.07. The van der Waals surface area contributed by atoms with Gasteiger partial charge in [0.15, 0.2) is 5.78 Å². The fourth-order valence-electron chi connectivity index (χ4n) is 3.72. The van der Waals surface area contributed by atoms with Crippen LogP contribution in [0.1, 0.15) is 35.7 Å². The molecule has 2 aromatic carbocycles. The van der Waals surface area contributed by atoms with Gasteiger partial charge in [0.2, 0.25) is 0 Å². The Labute approximate surface area is 169 Å². The molecule has 7 heteroatoms. The Kier molecular flexibility index (Phi) is 6.07. The first-order valence-electron chi connectivity index (χ1n) is 9.40. The number of urea groups is 1. The molecule has 2 amide bonds. The molecule has 2 N–H and O–H groups in total. The quantitative estimate of drug-likeness (QED) is 0.623. The van der Waals surface area contributed by atoms with E-state index in [0.717, 1.165) is 10.6 Å². The van der Waals surface area contributed by atoms with Gasteiger partial charge in [0.1, 0.15) is 12.0 Å². The molecule has 0 saturated heterocycles. The van der Waals surface area contributed by atoms with E-state index in [9.17, 15) is 14.4 Å². The van der Waals surface area contributed by atoms with Gasteiger partial charge in [-0.2, -0.15) is 5.10 Å². The maximum absolute atomic E-state index is 13.5. The summed E-state index contributed by atoms with van der Waals surface area (Å²) in [6.07, 6.45) is 0. The van der Waals surface area contributed by atoms with E-state index in [0.29, 0.717) is 11.3 Å². The average Bonchev–Trinajstić information content (AvgIpc) is 2.73. The van der Waals surface area contributed by atoms with Gasteiger partial charge in [-0.05, 0) is 19.4 Å². The fraction of sp³-hybridized carbons (Fsp3) is 0.273. The summed E-state index contributed by atoms with van der Waals surface area (Å²) in [4.78, 5) is 38.5. The Hall–Kier alpha value is -3.48. The maximum atomic E-state index is 13.5. The minimum Gasteiger partial charge on any atom is -0.465 e. The predicted octanol–water partition coefficient (Wildman–Crippen LogP) is 2.97. The van der Waals surface area contributed by atoms with Gasteiger partial charge in [0.25, 0.3) is 0 Å². The summed E-state index contributed by atoms with van der Waals surface area (Å²) in [7, 11) is 0. The van der Waals surface area contributed by atoms with Crippen LogP contribution in [0.25, 0.3) is 0 Å². The molecule has 29 heavy (non-hydrogen) atoms. The molecule has 1 aliphatic rings. The number of nitrogens with two attached hydrogens (primary N) is 1. The third kappa shape index (κ3) is 4.03. The Morgan fingerprint density at radius 2 is 1.62 bits per heavy atom. The van der Waals surface area contributed by atoms with E-state index < -0.39 is 29.9 Å². The lowest BCUT2D eigenvalue weighted by Gasteiger charge is -2.40. The number of nitrogens with zero attached hydrogens (tertiary/aromatic N) is 2. The molecule has 1 heterocycles. The first-order valence-corrected chi connectivity index (χ1v) is 9.40. The highest BCUT2D eigenvalue weighted by molar-refractivity contribution is 6.08. The van der Waals surface area contributed by atoms with Crippen molar-refractivity contribution >= 4 is 23.5 Å². The highest BCUT2D eigenvalue weighted by atomic mass is 16.5. The summed E-state index contributed by atoms with van der Waals surface area (Å²) < 4.78 is 5.27. The molecule has 1 aliphatic heterocycles. The number of amides is 2. The van der Waals surface area contributed by atoms with Crippen LogP contribution in [0, 0.1) is 5.92 Å². The van der Waals surface area contributed by atoms with Crippen molar-refractivity contribution in [2.75, 3.05) is 6.61 Å². The number of carbonyl (C=O) groups is 3. The number of benzene rings is 2. The van der Waals surface area contributed by atoms with Crippen LogP contribution >= 0.6 is 0 Å². The van der Waals surface area contributed by atoms with Crippen molar-refractivity contribution in [1.82, 2.24) is 5.01 Å². The Bertz CT molecular complexity index is 928. The van der Waals surface area contributed by atoms with Crippen molar-refractivity contribution in [2.24, 2.45) is 16.8 Å². The number of esters is 1. The van der Waals surface area contributed by atoms with E-state index in [1.807, 2.05) is 30.3 Å². The van der Waals surface area contributed by atoms with Gasteiger partial charge in [-0.3, -0.25) is 9.59 Å². The first-order chi connectivity index (χ1) is 14.0. The molecule has 2 aromatic rings. The van der Waals surface area contributed by atoms with Crippen LogP contribution in [0.5, 0.6) is 0 Å². The molecule has 0 aliphatic carbocycles. The van der Waals surface area contributed by atoms with Crippen LogP contribution in [-0.4, -0.2) is 41.2 Å². The van der Waals surface area contributed by atoms with Crippen molar-refractivity contribution in [3.8, 4) is 0 Å². The molecule has 0 saturated carbocycles. The lowest BCUT2D eigenvalue weighted by Crippen LogP contribution is -2.55. The first kappa shape index (κ1) is 20.3. The molecular formula is C22H23N3O4. The van der Waals surface area contributed by atoms with E-state index in [1.165, 1.54) is 0 Å². The SMILES string of the molecule is CCOC(=O)C1C(C)=NN(C(N)=O)C(C(=O)c2ccccc2)C1c1ccccc1. The third-order valence-corrected chi connectivity index (χ3v) is 4.96. The van der Waals surface area contributed by atoms with Crippen molar-refractivity contribution in [1.29, 1.82) is 0 Å². The molecule has 0 radical (unpaired) electrons. The highest BCUT2D eigenvalue weighted by Crippen LogP contribution is 2.38. The van der Waals surface area contributed by atoms with Gasteiger partial charge in [-0.1, -0.05) is 60.7 Å². The number of ketones is 1. The van der Waals surface area contributed by atoms with Crippen molar-refractivity contribution < 1.29 is 19.1 Å². The highest BCUT2D eigenvalue weighted by Gasteiger charge is 2.49. The molecule has 0 spiro atoms. The number of Topliss-reactive ketones (excluding diaryl/α,β-unsaturated/α-hetero) is 1. The van der Waals surface area contributed by atoms with Crippen molar-refractivity contribution in [3.63, 3.8) is 0 Å². The van der Waals surface area contributed by atoms with Crippen molar-refractivity contribution in [2.45, 2.75) is 25.8 Å². The number of ether oxygens (including phenoxy) is 1. The largest absolute Gasteiger partial charge is 0.465 e. The minimum absolute atomic E-state index is 0.195. The maximum Gasteiger partial charge on any atom is 0.335 e. The summed E-state index contributed by atoms with van der Waals surface area (Å²) in [5.74, 6) is -2.33. The second-order valence-electron chi connectivity index (χ2n) is 6.77. The van der Waals surface area contributed by atoms with E-state index in [-0.39, 0.29) is 12.4 Å². The monoisotopic (exact) mass is 393 g/mol. The molecule has 150 valence electrons. The zero-order chi connectivity index (χ0) is 21.0. The molecule has 0 aromatic heterocycles. The third-order valence-electron chi connectivity index (χ3n) is 4.96. The number of hydrogen-bond donors (Lipinski definition) is 1. The molecule has 7 nitrogen and oxygen atoms in total. The summed E-state index contributed by atoms with van der Waals surface area (Å²) in [6, 6.07) is 15.8. The summed E-state index contributed by atoms with van der Waals surface area (Å²) in [6.45, 7) is 3.55. The smallest absolute Gasteiger partial charge is 0.335 e. The number of carbonyl (C=O) groups excluding carboxylic acids is 3. The lowest BCUT2D eigenvalue weighted by molar-refractivity contribution is -0.146. The molecule has 3 rings (SSSR count). The summed E-state index contributed by atoms with van der Waals surface area (Å²) in [5.41, 5.74) is 7.06. The second kappa shape index (κ2) is 8.68. The average molecular weight is 393 g/mol. The fourth-order valence-corrected chi connectivity index (χ4v) is 3.72. The summed E-state index contributed by atoms with van der Waals surface area (Å²) in [5, 5.41) is 5.21.